The second-order valence-corrected chi connectivity index (χ2v) is 4.18. The van der Waals surface area contributed by atoms with Gasteiger partial charge in [-0.05, 0) is 38.0 Å². The molecule has 1 rings (SSSR count). The van der Waals surface area contributed by atoms with Crippen molar-refractivity contribution in [3.8, 4) is 0 Å². The normalized spacial score (nSPS) is 10.4. The molecule has 0 spiro atoms. The molecule has 3 N–H and O–H groups in total. The van der Waals surface area contributed by atoms with E-state index >= 15 is 0 Å². The zero-order valence-corrected chi connectivity index (χ0v) is 11.3. The summed E-state index contributed by atoms with van der Waals surface area (Å²) in [4.78, 5) is 11.5. The van der Waals surface area contributed by atoms with Gasteiger partial charge in [0.25, 0.3) is 0 Å². The van der Waals surface area contributed by atoms with Crippen LogP contribution in [0.15, 0.2) is 18.2 Å². The van der Waals surface area contributed by atoms with Crippen LogP contribution in [0.4, 0.5) is 11.4 Å². The van der Waals surface area contributed by atoms with Crippen LogP contribution in [-0.2, 0) is 4.74 Å². The summed E-state index contributed by atoms with van der Waals surface area (Å²) < 4.78 is 4.93. The average Bonchev–Trinajstić information content (AvgIpc) is 2.37. The molecule has 0 atom stereocenters. The zero-order chi connectivity index (χ0) is 13.5. The van der Waals surface area contributed by atoms with Gasteiger partial charge in [0.15, 0.2) is 0 Å². The van der Waals surface area contributed by atoms with E-state index in [1.165, 1.54) is 0 Å². The summed E-state index contributed by atoms with van der Waals surface area (Å²) in [5, 5.41) is 3.37. The van der Waals surface area contributed by atoms with Gasteiger partial charge < -0.3 is 15.8 Å². The van der Waals surface area contributed by atoms with Gasteiger partial charge in [-0.3, -0.25) is 0 Å². The van der Waals surface area contributed by atoms with Crippen LogP contribution in [0, 0.1) is 0 Å². The lowest BCUT2D eigenvalue weighted by Gasteiger charge is -2.18. The van der Waals surface area contributed by atoms with E-state index in [-0.39, 0.29) is 5.97 Å². The molecule has 0 aromatic heterocycles. The Hall–Kier alpha value is -1.71. The second kappa shape index (κ2) is 6.89. The molecule has 1 aromatic rings. The van der Waals surface area contributed by atoms with Gasteiger partial charge in [-0.15, -0.1) is 0 Å². The minimum Gasteiger partial charge on any atom is -0.462 e. The van der Waals surface area contributed by atoms with Crippen molar-refractivity contribution in [3.63, 3.8) is 0 Å². The van der Waals surface area contributed by atoms with Crippen molar-refractivity contribution in [2.75, 3.05) is 17.7 Å². The van der Waals surface area contributed by atoms with Crippen LogP contribution in [-0.4, -0.2) is 18.6 Å². The van der Waals surface area contributed by atoms with E-state index in [1.54, 1.807) is 19.1 Å². The van der Waals surface area contributed by atoms with Crippen molar-refractivity contribution >= 4 is 17.3 Å². The number of hydrogen-bond donors (Lipinski definition) is 2. The van der Waals surface area contributed by atoms with Crippen molar-refractivity contribution in [2.24, 2.45) is 0 Å². The predicted molar refractivity (Wildman–Crippen MR) is 74.8 cm³/mol. The van der Waals surface area contributed by atoms with E-state index in [0.717, 1.165) is 18.5 Å². The van der Waals surface area contributed by atoms with E-state index in [4.69, 9.17) is 10.5 Å². The fourth-order valence-electron chi connectivity index (χ4n) is 1.75. The van der Waals surface area contributed by atoms with Gasteiger partial charge in [-0.25, -0.2) is 4.79 Å². The summed E-state index contributed by atoms with van der Waals surface area (Å²) in [5.74, 6) is -0.335. The Balaban J connectivity index is 2.82. The van der Waals surface area contributed by atoms with Crippen LogP contribution < -0.4 is 11.1 Å². The first kappa shape index (κ1) is 14.4. The number of carbonyl (C=O) groups is 1. The minimum absolute atomic E-state index is 0.335. The Morgan fingerprint density at radius 1 is 1.33 bits per heavy atom. The molecule has 18 heavy (non-hydrogen) atoms. The number of ether oxygens (including phenoxy) is 1. The molecule has 0 heterocycles. The molecule has 0 fully saturated rings. The smallest absolute Gasteiger partial charge is 0.338 e. The van der Waals surface area contributed by atoms with E-state index in [2.05, 4.69) is 19.2 Å². The molecule has 0 aliphatic heterocycles. The third-order valence-electron chi connectivity index (χ3n) is 2.91. The number of nitrogens with one attached hydrogen (secondary N) is 1. The predicted octanol–water partition coefficient (Wildman–Crippen LogP) is 3.05. The number of carbonyl (C=O) groups excluding carboxylic acids is 1. The summed E-state index contributed by atoms with van der Waals surface area (Å²) in [6, 6.07) is 5.63. The first-order valence-electron chi connectivity index (χ1n) is 6.45. The number of benzene rings is 1. The van der Waals surface area contributed by atoms with Crippen LogP contribution in [0.25, 0.3) is 0 Å². The number of anilines is 2. The van der Waals surface area contributed by atoms with E-state index in [9.17, 15) is 4.79 Å². The quantitative estimate of drug-likeness (QED) is 0.601. The molecule has 1 aromatic carbocycles. The molecular formula is C14H22N2O2. The maximum atomic E-state index is 11.5. The molecule has 4 nitrogen and oxygen atoms in total. The summed E-state index contributed by atoms with van der Waals surface area (Å²) in [6.07, 6.45) is 2.07. The molecular weight excluding hydrogens is 228 g/mol. The van der Waals surface area contributed by atoms with Crippen LogP contribution >= 0.6 is 0 Å². The third kappa shape index (κ3) is 3.65. The monoisotopic (exact) mass is 250 g/mol. The number of nitrogen functional groups attached to an aromatic ring is 1. The molecule has 0 aliphatic carbocycles. The number of rotatable bonds is 6. The summed E-state index contributed by atoms with van der Waals surface area (Å²) in [5.41, 5.74) is 7.88. The summed E-state index contributed by atoms with van der Waals surface area (Å²) >= 11 is 0. The SMILES string of the molecule is CCOC(=O)c1ccc(NC(CC)CC)c(N)c1. The standard InChI is InChI=1S/C14H22N2O2/c1-4-11(5-2)16-13-8-7-10(9-12(13)15)14(17)18-6-3/h7-9,11,16H,4-6,15H2,1-3H3. The highest BCUT2D eigenvalue weighted by molar-refractivity contribution is 5.91. The Labute approximate surface area is 109 Å². The molecule has 0 saturated carbocycles. The topological polar surface area (TPSA) is 64.3 Å². The van der Waals surface area contributed by atoms with Gasteiger partial charge >= 0.3 is 5.97 Å². The number of esters is 1. The van der Waals surface area contributed by atoms with E-state index < -0.39 is 0 Å². The highest BCUT2D eigenvalue weighted by Gasteiger charge is 2.10. The highest BCUT2D eigenvalue weighted by atomic mass is 16.5. The first-order valence-corrected chi connectivity index (χ1v) is 6.45. The van der Waals surface area contributed by atoms with E-state index in [0.29, 0.717) is 23.9 Å². The van der Waals surface area contributed by atoms with Gasteiger partial charge in [0.1, 0.15) is 0 Å². The zero-order valence-electron chi connectivity index (χ0n) is 11.3. The highest BCUT2D eigenvalue weighted by Crippen LogP contribution is 2.22. The maximum Gasteiger partial charge on any atom is 0.338 e. The maximum absolute atomic E-state index is 11.5. The van der Waals surface area contributed by atoms with Gasteiger partial charge in [-0.2, -0.15) is 0 Å². The largest absolute Gasteiger partial charge is 0.462 e. The van der Waals surface area contributed by atoms with Crippen LogP contribution in [0.2, 0.25) is 0 Å². The van der Waals surface area contributed by atoms with Crippen molar-refractivity contribution in [1.29, 1.82) is 0 Å². The first-order chi connectivity index (χ1) is 8.62. The van der Waals surface area contributed by atoms with Crippen LogP contribution in [0.3, 0.4) is 0 Å². The molecule has 0 aliphatic rings. The Bertz CT molecular complexity index is 401. The molecule has 0 amide bonds. The van der Waals surface area contributed by atoms with Crippen molar-refractivity contribution in [3.05, 3.63) is 23.8 Å². The Kier molecular flexibility index (Phi) is 5.49. The number of hydrogen-bond acceptors (Lipinski definition) is 4. The van der Waals surface area contributed by atoms with Crippen molar-refractivity contribution in [1.82, 2.24) is 0 Å². The fourth-order valence-corrected chi connectivity index (χ4v) is 1.75. The number of nitrogens with two attached hydrogens (primary N) is 1. The summed E-state index contributed by atoms with van der Waals surface area (Å²) in [6.45, 7) is 6.41. The van der Waals surface area contributed by atoms with Crippen molar-refractivity contribution < 1.29 is 9.53 Å². The fraction of sp³-hybridized carbons (Fsp3) is 0.500. The minimum atomic E-state index is -0.335. The third-order valence-corrected chi connectivity index (χ3v) is 2.91. The molecule has 0 saturated heterocycles. The molecule has 4 heteroatoms. The van der Waals surface area contributed by atoms with E-state index in [1.807, 2.05) is 6.07 Å². The van der Waals surface area contributed by atoms with Crippen LogP contribution in [0.5, 0.6) is 0 Å². The van der Waals surface area contributed by atoms with Gasteiger partial charge in [-0.1, -0.05) is 13.8 Å². The molecule has 0 radical (unpaired) electrons. The lowest BCUT2D eigenvalue weighted by Crippen LogP contribution is -2.18. The second-order valence-electron chi connectivity index (χ2n) is 4.18. The van der Waals surface area contributed by atoms with Crippen LogP contribution in [0.1, 0.15) is 44.0 Å². The molecule has 100 valence electrons. The van der Waals surface area contributed by atoms with Gasteiger partial charge in [0.05, 0.1) is 23.5 Å². The molecule has 0 bridgehead atoms. The van der Waals surface area contributed by atoms with Gasteiger partial charge in [0.2, 0.25) is 0 Å². The van der Waals surface area contributed by atoms with Crippen molar-refractivity contribution in [2.45, 2.75) is 39.7 Å². The Morgan fingerprint density at radius 3 is 2.50 bits per heavy atom. The lowest BCUT2D eigenvalue weighted by molar-refractivity contribution is 0.0526. The molecule has 0 unspecified atom stereocenters. The lowest BCUT2D eigenvalue weighted by atomic mass is 10.1. The van der Waals surface area contributed by atoms with Gasteiger partial charge in [0, 0.05) is 6.04 Å². The summed E-state index contributed by atoms with van der Waals surface area (Å²) in [7, 11) is 0. The Morgan fingerprint density at radius 2 is 2.00 bits per heavy atom. The average molecular weight is 250 g/mol.